The van der Waals surface area contributed by atoms with E-state index in [0.717, 1.165) is 37.5 Å². The number of unbranched alkanes of at least 4 members (excludes halogenated alkanes) is 2. The monoisotopic (exact) mass is 279 g/mol. The van der Waals surface area contributed by atoms with Crippen LogP contribution < -0.4 is 5.32 Å². The molecule has 0 fully saturated rings. The summed E-state index contributed by atoms with van der Waals surface area (Å²) in [4.78, 5) is 22.1. The van der Waals surface area contributed by atoms with Crippen molar-refractivity contribution in [1.29, 1.82) is 0 Å². The highest BCUT2D eigenvalue weighted by Gasteiger charge is 2.08. The van der Waals surface area contributed by atoms with Crippen LogP contribution in [0.25, 0.3) is 6.08 Å². The number of hydrogen-bond donors (Lipinski definition) is 2. The Bertz CT molecular complexity index is 512. The molecular formula is C15H18FNO3. The van der Waals surface area contributed by atoms with E-state index in [1.807, 2.05) is 0 Å². The maximum Gasteiger partial charge on any atom is 0.328 e. The van der Waals surface area contributed by atoms with Crippen molar-refractivity contribution in [1.82, 2.24) is 5.32 Å². The van der Waals surface area contributed by atoms with Gasteiger partial charge in [0, 0.05) is 23.7 Å². The molecule has 0 bridgehead atoms. The minimum atomic E-state index is -1.15. The molecule has 2 N–H and O–H groups in total. The largest absolute Gasteiger partial charge is 0.478 e. The maximum absolute atomic E-state index is 13.7. The summed E-state index contributed by atoms with van der Waals surface area (Å²) >= 11 is 0. The fourth-order valence-electron chi connectivity index (χ4n) is 1.64. The molecule has 0 saturated carbocycles. The molecular weight excluding hydrogens is 261 g/mol. The van der Waals surface area contributed by atoms with Gasteiger partial charge in [0.05, 0.1) is 0 Å². The molecule has 0 radical (unpaired) electrons. The molecule has 0 unspecified atom stereocenters. The van der Waals surface area contributed by atoms with Gasteiger partial charge in [0.15, 0.2) is 0 Å². The van der Waals surface area contributed by atoms with Gasteiger partial charge in [0.1, 0.15) is 5.82 Å². The highest BCUT2D eigenvalue weighted by molar-refractivity contribution is 5.94. The van der Waals surface area contributed by atoms with E-state index in [2.05, 4.69) is 12.2 Å². The number of aliphatic carboxylic acids is 1. The summed E-state index contributed by atoms with van der Waals surface area (Å²) < 4.78 is 13.7. The summed E-state index contributed by atoms with van der Waals surface area (Å²) in [7, 11) is 0. The van der Waals surface area contributed by atoms with Crippen molar-refractivity contribution in [3.8, 4) is 0 Å². The van der Waals surface area contributed by atoms with E-state index >= 15 is 0 Å². The number of carbonyl (C=O) groups excluding carboxylic acids is 1. The van der Waals surface area contributed by atoms with Crippen LogP contribution in [0.4, 0.5) is 4.39 Å². The molecule has 1 rings (SSSR count). The van der Waals surface area contributed by atoms with E-state index in [0.29, 0.717) is 6.54 Å². The van der Waals surface area contributed by atoms with Crippen LogP contribution in [0.2, 0.25) is 0 Å². The van der Waals surface area contributed by atoms with Gasteiger partial charge in [-0.05, 0) is 24.6 Å². The lowest BCUT2D eigenvalue weighted by Gasteiger charge is -2.05. The molecule has 0 atom stereocenters. The predicted octanol–water partition coefficient (Wildman–Crippen LogP) is 2.84. The fourth-order valence-corrected chi connectivity index (χ4v) is 1.64. The zero-order valence-corrected chi connectivity index (χ0v) is 11.4. The van der Waals surface area contributed by atoms with Gasteiger partial charge in [-0.1, -0.05) is 25.8 Å². The number of amides is 1. The van der Waals surface area contributed by atoms with E-state index in [4.69, 9.17) is 5.11 Å². The molecule has 0 saturated heterocycles. The molecule has 0 heterocycles. The highest BCUT2D eigenvalue weighted by atomic mass is 19.1. The van der Waals surface area contributed by atoms with E-state index in [1.165, 1.54) is 12.1 Å². The molecule has 108 valence electrons. The van der Waals surface area contributed by atoms with Gasteiger partial charge in [0.25, 0.3) is 5.91 Å². The molecule has 0 aliphatic carbocycles. The zero-order valence-electron chi connectivity index (χ0n) is 11.4. The van der Waals surface area contributed by atoms with Gasteiger partial charge in [-0.2, -0.15) is 0 Å². The smallest absolute Gasteiger partial charge is 0.328 e. The van der Waals surface area contributed by atoms with E-state index in [-0.39, 0.29) is 17.0 Å². The third-order valence-corrected chi connectivity index (χ3v) is 2.73. The van der Waals surface area contributed by atoms with Gasteiger partial charge in [-0.3, -0.25) is 4.79 Å². The Morgan fingerprint density at radius 3 is 2.70 bits per heavy atom. The quantitative estimate of drug-likeness (QED) is 0.595. The van der Waals surface area contributed by atoms with Gasteiger partial charge in [-0.25, -0.2) is 9.18 Å². The average Bonchev–Trinajstić information content (AvgIpc) is 2.41. The Morgan fingerprint density at radius 2 is 2.10 bits per heavy atom. The molecule has 0 spiro atoms. The summed E-state index contributed by atoms with van der Waals surface area (Å²) in [6, 6.07) is 3.96. The Labute approximate surface area is 117 Å². The third kappa shape index (κ3) is 5.22. The van der Waals surface area contributed by atoms with Crippen LogP contribution in [0.5, 0.6) is 0 Å². The third-order valence-electron chi connectivity index (χ3n) is 2.73. The Hall–Kier alpha value is -2.17. The van der Waals surface area contributed by atoms with Crippen molar-refractivity contribution in [2.45, 2.75) is 26.2 Å². The summed E-state index contributed by atoms with van der Waals surface area (Å²) in [5.41, 5.74) is 0.362. The summed E-state index contributed by atoms with van der Waals surface area (Å²) in [6.07, 6.45) is 5.00. The number of rotatable bonds is 7. The number of carboxylic acids is 1. The second-order valence-corrected chi connectivity index (χ2v) is 4.37. The number of nitrogens with one attached hydrogen (secondary N) is 1. The summed E-state index contributed by atoms with van der Waals surface area (Å²) in [5.74, 6) is -2.10. The predicted molar refractivity (Wildman–Crippen MR) is 74.9 cm³/mol. The SMILES string of the molecule is CCCCCNC(=O)c1ccc(C=CC(=O)O)c(F)c1. The molecule has 5 heteroatoms. The van der Waals surface area contributed by atoms with E-state index in [1.54, 1.807) is 0 Å². The van der Waals surface area contributed by atoms with Gasteiger partial charge < -0.3 is 10.4 Å². The summed E-state index contributed by atoms with van der Waals surface area (Å²) in [5, 5.41) is 11.2. The van der Waals surface area contributed by atoms with Crippen LogP contribution >= 0.6 is 0 Å². The number of hydrogen-bond acceptors (Lipinski definition) is 2. The first kappa shape index (κ1) is 15.9. The molecule has 1 aromatic rings. The number of benzene rings is 1. The van der Waals surface area contributed by atoms with Crippen LogP contribution in [0.3, 0.4) is 0 Å². The minimum Gasteiger partial charge on any atom is -0.478 e. The minimum absolute atomic E-state index is 0.134. The normalized spacial score (nSPS) is 10.7. The van der Waals surface area contributed by atoms with Crippen LogP contribution in [0.15, 0.2) is 24.3 Å². The average molecular weight is 279 g/mol. The second kappa shape index (κ2) is 8.09. The molecule has 20 heavy (non-hydrogen) atoms. The van der Waals surface area contributed by atoms with Crippen LogP contribution in [0, 0.1) is 5.82 Å². The van der Waals surface area contributed by atoms with Crippen LogP contribution in [0.1, 0.15) is 42.1 Å². The maximum atomic E-state index is 13.7. The number of halogens is 1. The van der Waals surface area contributed by atoms with E-state index < -0.39 is 11.8 Å². The van der Waals surface area contributed by atoms with Gasteiger partial charge in [0.2, 0.25) is 0 Å². The van der Waals surface area contributed by atoms with Crippen molar-refractivity contribution in [2.24, 2.45) is 0 Å². The fraction of sp³-hybridized carbons (Fsp3) is 0.333. The highest BCUT2D eigenvalue weighted by Crippen LogP contribution is 2.12. The van der Waals surface area contributed by atoms with Crippen molar-refractivity contribution in [3.05, 3.63) is 41.2 Å². The molecule has 0 aromatic heterocycles. The Kier molecular flexibility index (Phi) is 6.43. The molecule has 0 aliphatic rings. The summed E-state index contributed by atoms with van der Waals surface area (Å²) in [6.45, 7) is 2.63. The van der Waals surface area contributed by atoms with Gasteiger partial charge >= 0.3 is 5.97 Å². The first-order chi connectivity index (χ1) is 9.54. The number of carbonyl (C=O) groups is 2. The van der Waals surface area contributed by atoms with E-state index in [9.17, 15) is 14.0 Å². The second-order valence-electron chi connectivity index (χ2n) is 4.37. The number of carboxylic acid groups (broad SMARTS) is 1. The molecule has 1 amide bonds. The molecule has 0 aliphatic heterocycles. The first-order valence-electron chi connectivity index (χ1n) is 6.53. The van der Waals surface area contributed by atoms with Crippen molar-refractivity contribution in [3.63, 3.8) is 0 Å². The zero-order chi connectivity index (χ0) is 15.0. The van der Waals surface area contributed by atoms with Crippen molar-refractivity contribution in [2.75, 3.05) is 6.54 Å². The van der Waals surface area contributed by atoms with Gasteiger partial charge in [-0.15, -0.1) is 0 Å². The van der Waals surface area contributed by atoms with Crippen molar-refractivity contribution < 1.29 is 19.1 Å². The van der Waals surface area contributed by atoms with Crippen LogP contribution in [-0.4, -0.2) is 23.5 Å². The molecule has 4 nitrogen and oxygen atoms in total. The lowest BCUT2D eigenvalue weighted by molar-refractivity contribution is -0.131. The molecule has 1 aromatic carbocycles. The first-order valence-corrected chi connectivity index (χ1v) is 6.53. The lowest BCUT2D eigenvalue weighted by atomic mass is 10.1. The Balaban J connectivity index is 2.66. The van der Waals surface area contributed by atoms with Crippen LogP contribution in [-0.2, 0) is 4.79 Å². The topological polar surface area (TPSA) is 66.4 Å². The lowest BCUT2D eigenvalue weighted by Crippen LogP contribution is -2.24. The standard InChI is InChI=1S/C15H18FNO3/c1-2-3-4-9-17-15(20)12-6-5-11(13(16)10-12)7-8-14(18)19/h5-8,10H,2-4,9H2,1H3,(H,17,20)(H,18,19). The van der Waals surface area contributed by atoms with Crippen molar-refractivity contribution >= 4 is 18.0 Å². The Morgan fingerprint density at radius 1 is 1.35 bits per heavy atom.